The Morgan fingerprint density at radius 1 is 1.29 bits per heavy atom. The van der Waals surface area contributed by atoms with E-state index in [1.54, 1.807) is 0 Å². The number of benzene rings is 1. The Kier molecular flexibility index (Phi) is 2.21. The Hall–Kier alpha value is -1.17. The van der Waals surface area contributed by atoms with Crippen LogP contribution in [0.1, 0.15) is 66.1 Å². The smallest absolute Gasteiger partial charge is 0.317 e. The van der Waals surface area contributed by atoms with E-state index < -0.39 is 126 Å². The third-order valence-electron chi connectivity index (χ3n) is 3.08. The Morgan fingerprint density at radius 3 is 2.61 bits per heavy atom. The molecule has 7 heteroatoms. The molecule has 1 aliphatic carbocycles. The zero-order valence-corrected chi connectivity index (χ0v) is 16.0. The van der Waals surface area contributed by atoms with Crippen LogP contribution in [0.3, 0.4) is 0 Å². The van der Waals surface area contributed by atoms with Crippen LogP contribution in [0, 0.1) is 5.89 Å². The number of carbonyl (C=O) groups is 1. The van der Waals surface area contributed by atoms with Gasteiger partial charge in [0.05, 0.1) is 26.7 Å². The average Bonchev–Trinajstić information content (AvgIpc) is 2.97. The summed E-state index contributed by atoms with van der Waals surface area (Å²) < 4.78 is 215. The predicted molar refractivity (Wildman–Crippen MR) is 118 cm³/mol. The zero-order valence-electron chi connectivity index (χ0n) is 39.5. The largest absolute Gasteiger partial charge is 0.368 e. The van der Waals surface area contributed by atoms with Gasteiger partial charge in [0, 0.05) is 69.4 Å². The zero-order chi connectivity index (χ0) is 42.5. The molecule has 1 N–H and O–H groups in total. The summed E-state index contributed by atoms with van der Waals surface area (Å²) in [5.74, 6) is -4.92. The summed E-state index contributed by atoms with van der Waals surface area (Å²) >= 11 is 12.0. The van der Waals surface area contributed by atoms with Gasteiger partial charge in [0.2, 0.25) is 0 Å². The van der Waals surface area contributed by atoms with Gasteiger partial charge >= 0.3 is 6.03 Å². The number of amides is 2. The van der Waals surface area contributed by atoms with Gasteiger partial charge < -0.3 is 15.1 Å². The van der Waals surface area contributed by atoms with Gasteiger partial charge in [-0.1, -0.05) is 29.2 Å². The van der Waals surface area contributed by atoms with Crippen molar-refractivity contribution in [2.75, 3.05) is 51.5 Å². The number of piperazine rings is 1. The van der Waals surface area contributed by atoms with Gasteiger partial charge in [-0.25, -0.2) is 4.79 Å². The molecule has 0 bridgehead atoms. The molecular formula is C21H32Cl2N4O. The highest BCUT2D eigenvalue weighted by atomic mass is 35.5. The molecule has 2 aliphatic rings. The third-order valence-corrected chi connectivity index (χ3v) is 3.83. The first kappa shape index (κ1) is 6.18. The fourth-order valence-corrected chi connectivity index (χ4v) is 2.02. The van der Waals surface area contributed by atoms with E-state index in [2.05, 4.69) is 0 Å². The number of rotatable bonds is 5. The molecule has 1 aliphatic heterocycles. The normalized spacial score (nSPS) is 57.3. The van der Waals surface area contributed by atoms with Crippen molar-refractivity contribution in [3.8, 4) is 0 Å². The van der Waals surface area contributed by atoms with Gasteiger partial charge in [0.15, 0.2) is 0 Å². The van der Waals surface area contributed by atoms with Gasteiger partial charge in [-0.2, -0.15) is 0 Å². The molecule has 1 saturated heterocycles. The fraction of sp³-hybridized carbons (Fsp3) is 0.667. The fourth-order valence-electron chi connectivity index (χ4n) is 1.70. The maximum atomic E-state index is 12.6. The van der Waals surface area contributed by atoms with Crippen molar-refractivity contribution in [1.29, 1.82) is 0 Å². The molecule has 2 fully saturated rings. The highest BCUT2D eigenvalue weighted by Gasteiger charge is 2.24. The summed E-state index contributed by atoms with van der Waals surface area (Å²) in [5, 5.41) is -0.477. The van der Waals surface area contributed by atoms with Crippen LogP contribution in [0.2, 0.25) is 10.0 Å². The van der Waals surface area contributed by atoms with Crippen molar-refractivity contribution in [1.82, 2.24) is 15.1 Å². The lowest BCUT2D eigenvalue weighted by Gasteiger charge is -2.37. The van der Waals surface area contributed by atoms with E-state index >= 15 is 0 Å². The number of hydrogen-bond donors (Lipinski definition) is 1. The molecule has 1 saturated carbocycles. The minimum absolute atomic E-state index is 0.481. The lowest BCUT2D eigenvalue weighted by atomic mass is 9.84. The lowest BCUT2D eigenvalue weighted by Crippen LogP contribution is -2.47. The van der Waals surface area contributed by atoms with Crippen LogP contribution in [0.25, 0.3) is 0 Å². The highest BCUT2D eigenvalue weighted by Crippen LogP contribution is 2.33. The molecular weight excluding hydrogens is 395 g/mol. The van der Waals surface area contributed by atoms with E-state index in [-0.39, 0.29) is 0 Å². The topological polar surface area (TPSA) is 38.8 Å². The van der Waals surface area contributed by atoms with Crippen molar-refractivity contribution in [3.05, 3.63) is 28.2 Å². The predicted octanol–water partition coefficient (Wildman–Crippen LogP) is 4.34. The first-order valence-electron chi connectivity index (χ1n) is 20.0. The van der Waals surface area contributed by atoms with E-state index in [0.717, 1.165) is 14.1 Å². The number of urea groups is 1. The molecule has 1 aromatic rings. The number of nitrogens with zero attached hydrogens (tertiary/aromatic N) is 3. The first-order chi connectivity index (χ1) is 23.0. The van der Waals surface area contributed by atoms with E-state index in [1.165, 1.54) is 5.32 Å². The number of halogens is 2. The van der Waals surface area contributed by atoms with Crippen LogP contribution in [0.5, 0.6) is 0 Å². The van der Waals surface area contributed by atoms with Crippen LogP contribution in [-0.2, 0) is 0 Å². The van der Waals surface area contributed by atoms with Gasteiger partial charge in [0.25, 0.3) is 0 Å². The standard InChI is InChI=1S/C21H32Cl2N4O/c1-25(2)21(28)24-17-8-6-16(7-9-17)10-11-26-12-14-27(15-13-26)19-5-3-4-18(22)20(19)23/h3-5,16-17H,6-15H2,1-2H3,(H,24,28)/i3D,4D,5D,6D2,7D2,8D2,9D2,10D2,11D2,12D2,13D2,14D2,15D2,16D,17D. The van der Waals surface area contributed by atoms with Crippen LogP contribution in [0.4, 0.5) is 10.5 Å². The summed E-state index contributed by atoms with van der Waals surface area (Å²) in [6.07, 6.45) is -23.2. The van der Waals surface area contributed by atoms with Crippen molar-refractivity contribution in [2.24, 2.45) is 5.89 Å². The average molecular weight is 453 g/mol. The van der Waals surface area contributed by atoms with Crippen LogP contribution in [-0.4, -0.2) is 68.4 Å². The SMILES string of the molecule is [2H]c1c([2H])c(Cl)c(Cl)c(N2C([2H])([2H])C([2H])([2H])N(C([2H])([2H])C([2H])([2H])C3([2H])C([2H])([2H])C([2H])([2H])C([2H])(NC(=O)N(C)C)C([2H])([2H])C3([2H])[2H])C([2H])([2H])C2([2H])[2H])c1[2H]. The Morgan fingerprint density at radius 2 is 1.96 bits per heavy atom. The Balaban J connectivity index is 2.47. The number of hydrogen-bond acceptors (Lipinski definition) is 3. The van der Waals surface area contributed by atoms with Crippen molar-refractivity contribution >= 4 is 34.9 Å². The number of anilines is 1. The van der Waals surface area contributed by atoms with E-state index in [4.69, 9.17) is 57.5 Å². The molecule has 2 amide bonds. The number of nitrogens with one attached hydrogen (secondary N) is 1. The molecule has 0 aromatic heterocycles. The van der Waals surface area contributed by atoms with E-state index in [0.29, 0.717) is 4.90 Å². The van der Waals surface area contributed by atoms with Crippen LogP contribution in [0.15, 0.2) is 18.1 Å². The summed E-state index contributed by atoms with van der Waals surface area (Å²) in [6.45, 7) is -22.5. The lowest BCUT2D eigenvalue weighted by molar-refractivity contribution is 0.194. The minimum Gasteiger partial charge on any atom is -0.368 e. The van der Waals surface area contributed by atoms with Gasteiger partial charge in [-0.15, -0.1) is 0 Å². The Labute approximate surface area is 214 Å². The first-order valence-corrected chi connectivity index (χ1v) is 8.30. The van der Waals surface area contributed by atoms with Crippen molar-refractivity contribution in [3.63, 3.8) is 0 Å². The monoisotopic (exact) mass is 451 g/mol. The molecule has 0 spiro atoms. The summed E-state index contributed by atoms with van der Waals surface area (Å²) in [6, 6.07) is -8.95. The number of carbonyl (C=O) groups excluding carboxylic acids is 1. The van der Waals surface area contributed by atoms with E-state index in [9.17, 15) is 4.79 Å². The molecule has 28 heavy (non-hydrogen) atoms. The maximum Gasteiger partial charge on any atom is 0.317 e. The van der Waals surface area contributed by atoms with Gasteiger partial charge in [-0.3, -0.25) is 4.90 Å². The Bertz CT molecular complexity index is 1610. The third kappa shape index (κ3) is 5.68. The van der Waals surface area contributed by atoms with Gasteiger partial charge in [0.1, 0.15) is 0 Å². The molecule has 0 radical (unpaired) electrons. The molecule has 0 atom stereocenters. The molecule has 0 unspecified atom stereocenters. The molecule has 1 heterocycles. The summed E-state index contributed by atoms with van der Waals surface area (Å²) in [7, 11) is 2.03. The molecule has 5 nitrogen and oxygen atoms in total. The second-order valence-corrected chi connectivity index (χ2v) is 6.04. The summed E-state index contributed by atoms with van der Waals surface area (Å²) in [4.78, 5) is 11.6. The van der Waals surface area contributed by atoms with Crippen LogP contribution < -0.4 is 10.2 Å². The maximum absolute atomic E-state index is 12.6. The molecule has 156 valence electrons. The molecule has 3 rings (SSSR count). The van der Waals surface area contributed by atoms with E-state index in [1.807, 2.05) is 0 Å². The second kappa shape index (κ2) is 10.0. The van der Waals surface area contributed by atoms with Gasteiger partial charge in [-0.05, 0) is 56.3 Å². The quantitative estimate of drug-likeness (QED) is 0.723. The highest BCUT2D eigenvalue weighted by molar-refractivity contribution is 6.43. The summed E-state index contributed by atoms with van der Waals surface area (Å²) in [5.41, 5.74) is -1.33. The minimum atomic E-state index is -5.02. The second-order valence-electron chi connectivity index (χ2n) is 5.28. The van der Waals surface area contributed by atoms with Crippen molar-refractivity contribution in [2.45, 2.75) is 37.9 Å². The van der Waals surface area contributed by atoms with Crippen molar-refractivity contribution < 1.29 is 39.1 Å². The van der Waals surface area contributed by atoms with Crippen LogP contribution >= 0.6 is 23.2 Å². The molecule has 1 aromatic carbocycles.